The van der Waals surface area contributed by atoms with Gasteiger partial charge < -0.3 is 0 Å². The van der Waals surface area contributed by atoms with E-state index in [1.165, 1.54) is 32.1 Å². The Bertz CT molecular complexity index is 275. The molecule has 0 aromatic heterocycles. The first kappa shape index (κ1) is 8.80. The molecular weight excluding hydrogens is 156 g/mol. The molecule has 0 spiro atoms. The Balaban J connectivity index is 2.31. The first-order valence-corrected chi connectivity index (χ1v) is 5.46. The lowest BCUT2D eigenvalue weighted by Crippen LogP contribution is -2.03. The van der Waals surface area contributed by atoms with E-state index in [4.69, 9.17) is 0 Å². The Morgan fingerprint density at radius 3 is 2.85 bits per heavy atom. The van der Waals surface area contributed by atoms with Crippen molar-refractivity contribution in [3.05, 3.63) is 35.4 Å². The highest BCUT2D eigenvalue weighted by molar-refractivity contribution is 5.30. The van der Waals surface area contributed by atoms with Gasteiger partial charge in [0.2, 0.25) is 0 Å². The number of fused-ring (bicyclic) bond motifs is 1. The van der Waals surface area contributed by atoms with Crippen molar-refractivity contribution in [1.82, 2.24) is 0 Å². The topological polar surface area (TPSA) is 0 Å². The van der Waals surface area contributed by atoms with Crippen molar-refractivity contribution >= 4 is 0 Å². The van der Waals surface area contributed by atoms with E-state index in [1.807, 2.05) is 0 Å². The van der Waals surface area contributed by atoms with Gasteiger partial charge >= 0.3 is 0 Å². The second-order valence-electron chi connectivity index (χ2n) is 4.20. The molecule has 0 bridgehead atoms. The number of rotatable bonds is 0. The summed E-state index contributed by atoms with van der Waals surface area (Å²) < 4.78 is 0. The van der Waals surface area contributed by atoms with Gasteiger partial charge in [-0.25, -0.2) is 0 Å². The van der Waals surface area contributed by atoms with Crippen molar-refractivity contribution in [1.29, 1.82) is 0 Å². The first-order chi connectivity index (χ1) is 6.38. The molecule has 0 fully saturated rings. The molecule has 0 N–H and O–H groups in total. The van der Waals surface area contributed by atoms with Crippen LogP contribution in [-0.4, -0.2) is 0 Å². The van der Waals surface area contributed by atoms with E-state index >= 15 is 0 Å². The Morgan fingerprint density at radius 1 is 1.08 bits per heavy atom. The van der Waals surface area contributed by atoms with E-state index < -0.39 is 0 Å². The van der Waals surface area contributed by atoms with Gasteiger partial charge in [-0.15, -0.1) is 0 Å². The molecule has 2 rings (SSSR count). The molecular formula is C13H18. The second kappa shape index (κ2) is 3.95. The SMILES string of the molecule is CC1CCCCCc2ccccc21. The molecule has 0 heteroatoms. The molecule has 1 aromatic carbocycles. The summed E-state index contributed by atoms with van der Waals surface area (Å²) >= 11 is 0. The van der Waals surface area contributed by atoms with E-state index in [2.05, 4.69) is 31.2 Å². The minimum Gasteiger partial charge on any atom is -0.0620 e. The van der Waals surface area contributed by atoms with Gasteiger partial charge in [-0.05, 0) is 36.3 Å². The van der Waals surface area contributed by atoms with Gasteiger partial charge in [-0.3, -0.25) is 0 Å². The predicted octanol–water partition coefficient (Wildman–Crippen LogP) is 3.91. The Kier molecular flexibility index (Phi) is 2.68. The quantitative estimate of drug-likeness (QED) is 0.559. The van der Waals surface area contributed by atoms with Crippen LogP contribution in [0.5, 0.6) is 0 Å². The third kappa shape index (κ3) is 1.93. The summed E-state index contributed by atoms with van der Waals surface area (Å²) in [5.41, 5.74) is 3.19. The van der Waals surface area contributed by atoms with Crippen molar-refractivity contribution in [2.75, 3.05) is 0 Å². The number of benzene rings is 1. The molecule has 1 aliphatic carbocycles. The van der Waals surface area contributed by atoms with Crippen LogP contribution in [0.15, 0.2) is 24.3 Å². The highest BCUT2D eigenvalue weighted by Gasteiger charge is 2.12. The average Bonchev–Trinajstić information content (AvgIpc) is 2.14. The summed E-state index contributed by atoms with van der Waals surface area (Å²) in [7, 11) is 0. The smallest absolute Gasteiger partial charge is 0.0188 e. The Morgan fingerprint density at radius 2 is 1.92 bits per heavy atom. The monoisotopic (exact) mass is 174 g/mol. The van der Waals surface area contributed by atoms with Gasteiger partial charge in [0.1, 0.15) is 0 Å². The van der Waals surface area contributed by atoms with Crippen LogP contribution in [0.3, 0.4) is 0 Å². The minimum atomic E-state index is 0.775. The Labute approximate surface area is 81.0 Å². The predicted molar refractivity (Wildman–Crippen MR) is 57.0 cm³/mol. The van der Waals surface area contributed by atoms with Gasteiger partial charge in [0.25, 0.3) is 0 Å². The molecule has 1 aliphatic rings. The van der Waals surface area contributed by atoms with Gasteiger partial charge in [0.15, 0.2) is 0 Å². The number of hydrogen-bond donors (Lipinski definition) is 0. The fraction of sp³-hybridized carbons (Fsp3) is 0.538. The average molecular weight is 174 g/mol. The van der Waals surface area contributed by atoms with E-state index in [0.29, 0.717) is 0 Å². The van der Waals surface area contributed by atoms with E-state index in [0.717, 1.165) is 5.92 Å². The van der Waals surface area contributed by atoms with Crippen molar-refractivity contribution < 1.29 is 0 Å². The number of aryl methyl sites for hydroxylation is 1. The van der Waals surface area contributed by atoms with Crippen molar-refractivity contribution in [3.8, 4) is 0 Å². The van der Waals surface area contributed by atoms with E-state index in [-0.39, 0.29) is 0 Å². The zero-order valence-corrected chi connectivity index (χ0v) is 8.42. The van der Waals surface area contributed by atoms with Gasteiger partial charge in [-0.2, -0.15) is 0 Å². The highest BCUT2D eigenvalue weighted by atomic mass is 14.2. The van der Waals surface area contributed by atoms with E-state index in [9.17, 15) is 0 Å². The number of hydrogen-bond acceptors (Lipinski definition) is 0. The zero-order valence-electron chi connectivity index (χ0n) is 8.42. The van der Waals surface area contributed by atoms with Crippen molar-refractivity contribution in [3.63, 3.8) is 0 Å². The lowest BCUT2D eigenvalue weighted by molar-refractivity contribution is 0.559. The molecule has 1 unspecified atom stereocenters. The molecule has 0 heterocycles. The molecule has 0 nitrogen and oxygen atoms in total. The lowest BCUT2D eigenvalue weighted by atomic mass is 9.86. The molecule has 1 aromatic rings. The van der Waals surface area contributed by atoms with Crippen LogP contribution in [0, 0.1) is 0 Å². The second-order valence-corrected chi connectivity index (χ2v) is 4.20. The van der Waals surface area contributed by atoms with Crippen LogP contribution in [0.25, 0.3) is 0 Å². The van der Waals surface area contributed by atoms with E-state index in [1.54, 1.807) is 11.1 Å². The van der Waals surface area contributed by atoms with Crippen LogP contribution in [0.4, 0.5) is 0 Å². The summed E-state index contributed by atoms with van der Waals surface area (Å²) in [5.74, 6) is 0.775. The largest absolute Gasteiger partial charge is 0.0620 e. The van der Waals surface area contributed by atoms with Gasteiger partial charge in [0, 0.05) is 0 Å². The van der Waals surface area contributed by atoms with Crippen LogP contribution in [0.2, 0.25) is 0 Å². The molecule has 0 saturated carbocycles. The highest BCUT2D eigenvalue weighted by Crippen LogP contribution is 2.28. The third-order valence-electron chi connectivity index (χ3n) is 3.17. The van der Waals surface area contributed by atoms with Crippen molar-refractivity contribution in [2.24, 2.45) is 0 Å². The summed E-state index contributed by atoms with van der Waals surface area (Å²) in [6.45, 7) is 2.37. The third-order valence-corrected chi connectivity index (χ3v) is 3.17. The summed E-state index contributed by atoms with van der Waals surface area (Å²) in [5, 5.41) is 0. The summed E-state index contributed by atoms with van der Waals surface area (Å²) in [4.78, 5) is 0. The lowest BCUT2D eigenvalue weighted by Gasteiger charge is -2.19. The molecule has 0 radical (unpaired) electrons. The summed E-state index contributed by atoms with van der Waals surface area (Å²) in [6.07, 6.45) is 6.87. The standard InChI is InChI=1S/C13H18/c1-11-7-3-2-4-8-12-9-5-6-10-13(11)12/h5-6,9-11H,2-4,7-8H2,1H3. The maximum Gasteiger partial charge on any atom is -0.0188 e. The fourth-order valence-corrected chi connectivity index (χ4v) is 2.34. The van der Waals surface area contributed by atoms with Crippen LogP contribution < -0.4 is 0 Å². The van der Waals surface area contributed by atoms with Crippen molar-refractivity contribution in [2.45, 2.75) is 44.9 Å². The molecule has 1 atom stereocenters. The van der Waals surface area contributed by atoms with Gasteiger partial charge in [0.05, 0.1) is 0 Å². The zero-order chi connectivity index (χ0) is 9.10. The molecule has 70 valence electrons. The molecule has 0 saturated heterocycles. The summed E-state index contributed by atoms with van der Waals surface area (Å²) in [6, 6.07) is 8.96. The first-order valence-electron chi connectivity index (χ1n) is 5.46. The fourth-order valence-electron chi connectivity index (χ4n) is 2.34. The van der Waals surface area contributed by atoms with Gasteiger partial charge in [-0.1, -0.05) is 44.0 Å². The molecule has 0 amide bonds. The normalized spacial score (nSPS) is 23.0. The maximum absolute atomic E-state index is 2.37. The molecule has 13 heavy (non-hydrogen) atoms. The molecule has 0 aliphatic heterocycles. The van der Waals surface area contributed by atoms with Crippen LogP contribution >= 0.6 is 0 Å². The maximum atomic E-state index is 2.37. The van der Waals surface area contributed by atoms with Crippen LogP contribution in [-0.2, 0) is 6.42 Å². The van der Waals surface area contributed by atoms with Crippen LogP contribution in [0.1, 0.15) is 49.7 Å². The minimum absolute atomic E-state index is 0.775. The Hall–Kier alpha value is -0.780.